The molecule has 0 heterocycles. The summed E-state index contributed by atoms with van der Waals surface area (Å²) in [5.74, 6) is -0.280. The molecule has 0 spiro atoms. The summed E-state index contributed by atoms with van der Waals surface area (Å²) in [6.45, 7) is 1.50. The normalized spacial score (nSPS) is 10.3. The molecular formula is C10H13BrFNO2. The number of aliphatic hydroxyl groups excluding tert-OH is 1. The minimum atomic E-state index is -0.280. The molecule has 1 aromatic rings. The number of ether oxygens (including phenoxy) is 1. The zero-order valence-corrected chi connectivity index (χ0v) is 9.76. The fourth-order valence-electron chi connectivity index (χ4n) is 1.04. The van der Waals surface area contributed by atoms with Gasteiger partial charge in [0.25, 0.3) is 0 Å². The van der Waals surface area contributed by atoms with E-state index in [1.54, 1.807) is 12.1 Å². The van der Waals surface area contributed by atoms with E-state index < -0.39 is 0 Å². The first-order valence-corrected chi connectivity index (χ1v) is 5.41. The summed E-state index contributed by atoms with van der Waals surface area (Å²) >= 11 is 3.10. The Balaban J connectivity index is 2.28. The Kier molecular flexibility index (Phi) is 5.60. The molecule has 84 valence electrons. The third-order valence-corrected chi connectivity index (χ3v) is 2.34. The van der Waals surface area contributed by atoms with Crippen LogP contribution in [0.4, 0.5) is 10.1 Å². The van der Waals surface area contributed by atoms with Gasteiger partial charge in [0.1, 0.15) is 5.82 Å². The average Bonchev–Trinajstić information content (AvgIpc) is 2.23. The van der Waals surface area contributed by atoms with Crippen molar-refractivity contribution in [2.24, 2.45) is 0 Å². The first-order chi connectivity index (χ1) is 7.24. The van der Waals surface area contributed by atoms with Crippen LogP contribution in [0.3, 0.4) is 0 Å². The van der Waals surface area contributed by atoms with Gasteiger partial charge in [0.05, 0.1) is 24.3 Å². The number of rotatable bonds is 6. The molecule has 3 nitrogen and oxygen atoms in total. The molecule has 0 aliphatic carbocycles. The maximum absolute atomic E-state index is 12.9. The SMILES string of the molecule is OCCOCCNc1ccc(F)c(Br)c1. The molecule has 0 radical (unpaired) electrons. The van der Waals surface area contributed by atoms with Crippen molar-refractivity contribution in [1.82, 2.24) is 0 Å². The van der Waals surface area contributed by atoms with Crippen molar-refractivity contribution in [1.29, 1.82) is 0 Å². The lowest BCUT2D eigenvalue weighted by atomic mass is 10.3. The number of nitrogens with one attached hydrogen (secondary N) is 1. The smallest absolute Gasteiger partial charge is 0.137 e. The predicted molar refractivity (Wildman–Crippen MR) is 60.5 cm³/mol. The molecule has 0 aliphatic rings. The van der Waals surface area contributed by atoms with Gasteiger partial charge in [0.15, 0.2) is 0 Å². The van der Waals surface area contributed by atoms with Crippen LogP contribution in [0.5, 0.6) is 0 Å². The van der Waals surface area contributed by atoms with E-state index >= 15 is 0 Å². The quantitative estimate of drug-likeness (QED) is 0.782. The van der Waals surface area contributed by atoms with E-state index in [-0.39, 0.29) is 12.4 Å². The molecule has 0 unspecified atom stereocenters. The second-order valence-corrected chi connectivity index (χ2v) is 3.75. The van der Waals surface area contributed by atoms with Gasteiger partial charge in [-0.05, 0) is 34.1 Å². The minimum absolute atomic E-state index is 0.0299. The molecule has 1 rings (SSSR count). The second-order valence-electron chi connectivity index (χ2n) is 2.89. The van der Waals surface area contributed by atoms with Crippen LogP contribution in [-0.2, 0) is 4.74 Å². The van der Waals surface area contributed by atoms with Crippen LogP contribution in [0.25, 0.3) is 0 Å². The van der Waals surface area contributed by atoms with Crippen molar-refractivity contribution >= 4 is 21.6 Å². The van der Waals surface area contributed by atoms with Crippen LogP contribution >= 0.6 is 15.9 Å². The maximum Gasteiger partial charge on any atom is 0.137 e. The van der Waals surface area contributed by atoms with Crippen LogP contribution in [0.2, 0.25) is 0 Å². The molecule has 0 aromatic heterocycles. The summed E-state index contributed by atoms with van der Waals surface area (Å²) in [5.41, 5.74) is 0.830. The predicted octanol–water partition coefficient (Wildman–Crippen LogP) is 2.01. The van der Waals surface area contributed by atoms with Crippen LogP contribution in [0.1, 0.15) is 0 Å². The van der Waals surface area contributed by atoms with E-state index in [1.807, 2.05) is 0 Å². The summed E-state index contributed by atoms with van der Waals surface area (Å²) in [6, 6.07) is 4.72. The zero-order valence-electron chi connectivity index (χ0n) is 8.17. The van der Waals surface area contributed by atoms with Gasteiger partial charge in [-0.3, -0.25) is 0 Å². The number of hydrogen-bond acceptors (Lipinski definition) is 3. The highest BCUT2D eigenvalue weighted by Gasteiger charge is 1.99. The largest absolute Gasteiger partial charge is 0.394 e. The lowest BCUT2D eigenvalue weighted by Crippen LogP contribution is -2.11. The average molecular weight is 278 g/mol. The maximum atomic E-state index is 12.9. The molecule has 15 heavy (non-hydrogen) atoms. The summed E-state index contributed by atoms with van der Waals surface area (Å²) in [4.78, 5) is 0. The number of benzene rings is 1. The highest BCUT2D eigenvalue weighted by molar-refractivity contribution is 9.10. The van der Waals surface area contributed by atoms with Crippen molar-refractivity contribution in [3.8, 4) is 0 Å². The van der Waals surface area contributed by atoms with Crippen molar-refractivity contribution < 1.29 is 14.2 Å². The van der Waals surface area contributed by atoms with Crippen molar-refractivity contribution in [3.05, 3.63) is 28.5 Å². The van der Waals surface area contributed by atoms with Crippen molar-refractivity contribution in [2.75, 3.05) is 31.7 Å². The number of aliphatic hydroxyl groups is 1. The number of anilines is 1. The lowest BCUT2D eigenvalue weighted by molar-refractivity contribution is 0.0992. The van der Waals surface area contributed by atoms with Gasteiger partial charge in [-0.15, -0.1) is 0 Å². The fraction of sp³-hybridized carbons (Fsp3) is 0.400. The highest BCUT2D eigenvalue weighted by Crippen LogP contribution is 2.19. The van der Waals surface area contributed by atoms with Gasteiger partial charge in [-0.25, -0.2) is 4.39 Å². The molecule has 2 N–H and O–H groups in total. The Bertz CT molecular complexity index is 309. The van der Waals surface area contributed by atoms with E-state index in [0.717, 1.165) is 5.69 Å². The fourth-order valence-corrected chi connectivity index (χ4v) is 1.42. The van der Waals surface area contributed by atoms with Crippen LogP contribution < -0.4 is 5.32 Å². The summed E-state index contributed by atoms with van der Waals surface area (Å²) in [5, 5.41) is 11.5. The van der Waals surface area contributed by atoms with Crippen molar-refractivity contribution in [2.45, 2.75) is 0 Å². The molecule has 1 aromatic carbocycles. The van der Waals surface area contributed by atoms with E-state index in [9.17, 15) is 4.39 Å². The Labute approximate surface area is 96.4 Å². The van der Waals surface area contributed by atoms with Gasteiger partial charge >= 0.3 is 0 Å². The van der Waals surface area contributed by atoms with Crippen LogP contribution in [0, 0.1) is 5.82 Å². The molecule has 0 saturated heterocycles. The third-order valence-electron chi connectivity index (χ3n) is 1.73. The van der Waals surface area contributed by atoms with Crippen LogP contribution in [-0.4, -0.2) is 31.5 Å². The third kappa shape index (κ3) is 4.59. The lowest BCUT2D eigenvalue weighted by Gasteiger charge is -2.07. The highest BCUT2D eigenvalue weighted by atomic mass is 79.9. The number of hydrogen-bond donors (Lipinski definition) is 2. The van der Waals surface area contributed by atoms with Gasteiger partial charge in [-0.2, -0.15) is 0 Å². The zero-order chi connectivity index (χ0) is 11.1. The minimum Gasteiger partial charge on any atom is -0.394 e. The second kappa shape index (κ2) is 6.76. The van der Waals surface area contributed by atoms with Crippen molar-refractivity contribution in [3.63, 3.8) is 0 Å². The van der Waals surface area contributed by atoms with Crippen LogP contribution in [0.15, 0.2) is 22.7 Å². The Morgan fingerprint density at radius 1 is 1.40 bits per heavy atom. The topological polar surface area (TPSA) is 41.5 Å². The van der Waals surface area contributed by atoms with E-state index in [4.69, 9.17) is 9.84 Å². The van der Waals surface area contributed by atoms with Gasteiger partial charge in [0.2, 0.25) is 0 Å². The summed E-state index contributed by atoms with van der Waals surface area (Å²) in [7, 11) is 0. The Morgan fingerprint density at radius 2 is 2.20 bits per heavy atom. The molecule has 0 saturated carbocycles. The van der Waals surface area contributed by atoms with Gasteiger partial charge < -0.3 is 15.2 Å². The summed E-state index contributed by atoms with van der Waals surface area (Å²) in [6.07, 6.45) is 0. The molecule has 0 fully saturated rings. The molecule has 5 heteroatoms. The van der Waals surface area contributed by atoms with E-state index in [2.05, 4.69) is 21.2 Å². The van der Waals surface area contributed by atoms with E-state index in [1.165, 1.54) is 6.07 Å². The first-order valence-electron chi connectivity index (χ1n) is 4.61. The van der Waals surface area contributed by atoms with Gasteiger partial charge in [-0.1, -0.05) is 0 Å². The first kappa shape index (κ1) is 12.4. The standard InChI is InChI=1S/C10H13BrFNO2/c11-9-7-8(1-2-10(9)12)13-3-5-15-6-4-14/h1-2,7,13-14H,3-6H2. The van der Waals surface area contributed by atoms with E-state index in [0.29, 0.717) is 24.2 Å². The Morgan fingerprint density at radius 3 is 2.87 bits per heavy atom. The van der Waals surface area contributed by atoms with Gasteiger partial charge in [0, 0.05) is 12.2 Å². The molecule has 0 aliphatic heterocycles. The Hall–Kier alpha value is -0.650. The monoisotopic (exact) mass is 277 g/mol. The molecular weight excluding hydrogens is 265 g/mol. The summed E-state index contributed by atoms with van der Waals surface area (Å²) < 4.78 is 18.4. The molecule has 0 bridgehead atoms. The molecule has 0 amide bonds. The molecule has 0 atom stereocenters. The number of halogens is 2.